The smallest absolute Gasteiger partial charge is 0.253 e. The quantitative estimate of drug-likeness (QED) is 0.645. The van der Waals surface area contributed by atoms with Crippen LogP contribution in [0, 0.1) is 12.8 Å². The Labute approximate surface area is 202 Å². The summed E-state index contributed by atoms with van der Waals surface area (Å²) in [4.78, 5) is 32.5. The number of anilines is 1. The van der Waals surface area contributed by atoms with Gasteiger partial charge in [-0.3, -0.25) is 9.59 Å². The summed E-state index contributed by atoms with van der Waals surface area (Å²) in [6.45, 7) is 8.11. The van der Waals surface area contributed by atoms with Crippen LogP contribution in [0.5, 0.6) is 5.75 Å². The first kappa shape index (κ1) is 24.0. The van der Waals surface area contributed by atoms with Crippen LogP contribution in [0.3, 0.4) is 0 Å². The lowest BCUT2D eigenvalue weighted by atomic mass is 9.96. The minimum absolute atomic E-state index is 0.0432. The molecule has 4 atom stereocenters. The molecule has 2 saturated heterocycles. The van der Waals surface area contributed by atoms with E-state index < -0.39 is 0 Å². The van der Waals surface area contributed by atoms with Gasteiger partial charge in [0.25, 0.3) is 11.8 Å². The van der Waals surface area contributed by atoms with Crippen LogP contribution in [0.4, 0.5) is 5.82 Å². The van der Waals surface area contributed by atoms with E-state index in [1.165, 1.54) is 0 Å². The SMILES string of the molecule is COc1cccc(C(=O)N[C@H]2C[C@H]3CC[C@@H](C2)N3c2ccc(C(=O)N[C@@H](C)C(C)C)cn2)c1C. The Morgan fingerprint density at radius 1 is 1.06 bits per heavy atom. The third-order valence-electron chi connectivity index (χ3n) is 7.45. The maximum absolute atomic E-state index is 13.0. The van der Waals surface area contributed by atoms with Crippen molar-refractivity contribution in [1.29, 1.82) is 0 Å². The number of methoxy groups -OCH3 is 1. The zero-order valence-corrected chi connectivity index (χ0v) is 20.8. The number of benzene rings is 1. The number of carbonyl (C=O) groups is 2. The third kappa shape index (κ3) is 4.88. The van der Waals surface area contributed by atoms with E-state index in [1.807, 2.05) is 44.2 Å². The zero-order valence-electron chi connectivity index (χ0n) is 20.8. The maximum Gasteiger partial charge on any atom is 0.253 e. The van der Waals surface area contributed by atoms with Crippen LogP contribution < -0.4 is 20.3 Å². The number of piperidine rings is 1. The van der Waals surface area contributed by atoms with Crippen LogP contribution in [0.2, 0.25) is 0 Å². The summed E-state index contributed by atoms with van der Waals surface area (Å²) in [5.74, 6) is 1.89. The molecule has 7 nitrogen and oxygen atoms in total. The first-order valence-electron chi connectivity index (χ1n) is 12.3. The lowest BCUT2D eigenvalue weighted by molar-refractivity contribution is 0.0920. The highest BCUT2D eigenvalue weighted by molar-refractivity contribution is 5.96. The molecule has 3 heterocycles. The van der Waals surface area contributed by atoms with E-state index in [9.17, 15) is 9.59 Å². The zero-order chi connectivity index (χ0) is 24.4. The Hall–Kier alpha value is -3.09. The first-order chi connectivity index (χ1) is 16.3. The van der Waals surface area contributed by atoms with Crippen molar-refractivity contribution in [1.82, 2.24) is 15.6 Å². The van der Waals surface area contributed by atoms with Gasteiger partial charge < -0.3 is 20.3 Å². The molecule has 2 aliphatic rings. The van der Waals surface area contributed by atoms with Gasteiger partial charge in [0.2, 0.25) is 0 Å². The van der Waals surface area contributed by atoms with Gasteiger partial charge in [0, 0.05) is 41.5 Å². The highest BCUT2D eigenvalue weighted by atomic mass is 16.5. The second-order valence-corrected chi connectivity index (χ2v) is 9.98. The van der Waals surface area contributed by atoms with Crippen molar-refractivity contribution in [2.75, 3.05) is 12.0 Å². The lowest BCUT2D eigenvalue weighted by Gasteiger charge is -2.40. The van der Waals surface area contributed by atoms with Crippen LogP contribution in [0.1, 0.15) is 72.7 Å². The molecule has 0 unspecified atom stereocenters. The lowest BCUT2D eigenvalue weighted by Crippen LogP contribution is -2.50. The van der Waals surface area contributed by atoms with E-state index in [2.05, 4.69) is 34.4 Å². The average molecular weight is 465 g/mol. The number of carbonyl (C=O) groups excluding carboxylic acids is 2. The fourth-order valence-electron chi connectivity index (χ4n) is 5.14. The van der Waals surface area contributed by atoms with Crippen LogP contribution in [-0.4, -0.2) is 48.1 Å². The highest BCUT2D eigenvalue weighted by Crippen LogP contribution is 2.38. The van der Waals surface area contributed by atoms with Gasteiger partial charge >= 0.3 is 0 Å². The summed E-state index contributed by atoms with van der Waals surface area (Å²) in [5.41, 5.74) is 2.11. The van der Waals surface area contributed by atoms with Gasteiger partial charge in [0.05, 0.1) is 12.7 Å². The van der Waals surface area contributed by atoms with Crippen LogP contribution in [0.15, 0.2) is 36.5 Å². The Kier molecular flexibility index (Phi) is 7.10. The maximum atomic E-state index is 13.0. The fourth-order valence-corrected chi connectivity index (χ4v) is 5.14. The molecule has 1 aromatic carbocycles. The summed E-state index contributed by atoms with van der Waals surface area (Å²) < 4.78 is 5.37. The number of pyridine rings is 1. The molecule has 2 amide bonds. The van der Waals surface area contributed by atoms with E-state index >= 15 is 0 Å². The Bertz CT molecular complexity index is 1020. The molecule has 0 radical (unpaired) electrons. The molecular formula is C27H36N4O3. The number of aromatic nitrogens is 1. The number of rotatable bonds is 7. The van der Waals surface area contributed by atoms with E-state index in [0.29, 0.717) is 29.1 Å². The van der Waals surface area contributed by atoms with Gasteiger partial charge in [0.1, 0.15) is 11.6 Å². The summed E-state index contributed by atoms with van der Waals surface area (Å²) in [6.07, 6.45) is 5.63. The van der Waals surface area contributed by atoms with Gasteiger partial charge in [0.15, 0.2) is 0 Å². The number of nitrogens with one attached hydrogen (secondary N) is 2. The normalized spacial score (nSPS) is 22.4. The third-order valence-corrected chi connectivity index (χ3v) is 7.45. The molecule has 2 aromatic rings. The molecule has 2 bridgehead atoms. The Balaban J connectivity index is 1.40. The molecule has 7 heteroatoms. The van der Waals surface area contributed by atoms with E-state index in [-0.39, 0.29) is 23.9 Å². The molecule has 1 aromatic heterocycles. The van der Waals surface area contributed by atoms with E-state index in [4.69, 9.17) is 4.74 Å². The molecule has 34 heavy (non-hydrogen) atoms. The molecule has 2 N–H and O–H groups in total. The van der Waals surface area contributed by atoms with Gasteiger partial charge in [-0.05, 0) is 69.7 Å². The van der Waals surface area contributed by atoms with Gasteiger partial charge in [-0.2, -0.15) is 0 Å². The fraction of sp³-hybridized carbons (Fsp3) is 0.519. The summed E-state index contributed by atoms with van der Waals surface area (Å²) in [5, 5.41) is 6.29. The van der Waals surface area contributed by atoms with Crippen molar-refractivity contribution in [3.8, 4) is 5.75 Å². The van der Waals surface area contributed by atoms with Crippen molar-refractivity contribution in [2.24, 2.45) is 5.92 Å². The largest absolute Gasteiger partial charge is 0.496 e. The molecule has 2 fully saturated rings. The van der Waals surface area contributed by atoms with Gasteiger partial charge in [-0.25, -0.2) is 4.98 Å². The molecule has 4 rings (SSSR count). The van der Waals surface area contributed by atoms with Crippen molar-refractivity contribution in [3.05, 3.63) is 53.2 Å². The summed E-state index contributed by atoms with van der Waals surface area (Å²) in [6, 6.07) is 10.3. The number of amides is 2. The predicted molar refractivity (Wildman–Crippen MR) is 134 cm³/mol. The Morgan fingerprint density at radius 2 is 1.76 bits per heavy atom. The molecule has 0 saturated carbocycles. The van der Waals surface area contributed by atoms with Crippen molar-refractivity contribution >= 4 is 17.6 Å². The number of fused-ring (bicyclic) bond motifs is 2. The number of hydrogen-bond donors (Lipinski definition) is 2. The van der Waals surface area contributed by atoms with Crippen molar-refractivity contribution < 1.29 is 14.3 Å². The van der Waals surface area contributed by atoms with Crippen molar-refractivity contribution in [2.45, 2.75) is 77.5 Å². The molecule has 182 valence electrons. The number of ether oxygens (including phenoxy) is 1. The minimum atomic E-state index is -0.0857. The molecule has 2 aliphatic heterocycles. The van der Waals surface area contributed by atoms with Crippen LogP contribution in [0.25, 0.3) is 0 Å². The molecular weight excluding hydrogens is 428 g/mol. The summed E-state index contributed by atoms with van der Waals surface area (Å²) in [7, 11) is 1.62. The molecule has 0 spiro atoms. The first-order valence-corrected chi connectivity index (χ1v) is 12.3. The molecule has 0 aliphatic carbocycles. The van der Waals surface area contributed by atoms with E-state index in [1.54, 1.807) is 13.3 Å². The topological polar surface area (TPSA) is 83.6 Å². The predicted octanol–water partition coefficient (Wildman–Crippen LogP) is 4.10. The second kappa shape index (κ2) is 10.0. The van der Waals surface area contributed by atoms with Crippen molar-refractivity contribution in [3.63, 3.8) is 0 Å². The number of hydrogen-bond acceptors (Lipinski definition) is 5. The summed E-state index contributed by atoms with van der Waals surface area (Å²) >= 11 is 0. The minimum Gasteiger partial charge on any atom is -0.496 e. The average Bonchev–Trinajstić information content (AvgIpc) is 3.09. The Morgan fingerprint density at radius 3 is 2.35 bits per heavy atom. The standard InChI is InChI=1S/C27H36N4O3/c1-16(2)18(4)29-26(32)19-9-12-25(28-15-19)31-21-10-11-22(31)14-20(13-21)30-27(33)23-7-6-8-24(34-5)17(23)3/h6-9,12,15-16,18,20-22H,10-11,13-14H2,1-5H3,(H,29,32)(H,30,33)/t18-,20-,21+,22-/m0/s1. The second-order valence-electron chi connectivity index (χ2n) is 9.98. The van der Waals surface area contributed by atoms with E-state index in [0.717, 1.165) is 42.8 Å². The van der Waals surface area contributed by atoms with Gasteiger partial charge in [-0.15, -0.1) is 0 Å². The highest BCUT2D eigenvalue weighted by Gasteiger charge is 2.42. The monoisotopic (exact) mass is 464 g/mol. The van der Waals surface area contributed by atoms with Crippen LogP contribution in [-0.2, 0) is 0 Å². The van der Waals surface area contributed by atoms with Gasteiger partial charge in [-0.1, -0.05) is 19.9 Å². The van der Waals surface area contributed by atoms with Crippen LogP contribution >= 0.6 is 0 Å². The number of nitrogens with zero attached hydrogens (tertiary/aromatic N) is 2.